The molecule has 0 radical (unpaired) electrons. The molecule has 0 bridgehead atoms. The Labute approximate surface area is 128 Å². The van der Waals surface area contributed by atoms with Crippen LogP contribution in [0, 0.1) is 18.7 Å². The molecule has 0 saturated carbocycles. The van der Waals surface area contributed by atoms with Crippen molar-refractivity contribution in [1.29, 1.82) is 0 Å². The van der Waals surface area contributed by atoms with E-state index in [9.17, 15) is 9.18 Å². The van der Waals surface area contributed by atoms with Crippen molar-refractivity contribution in [2.24, 2.45) is 5.92 Å². The zero-order chi connectivity index (χ0) is 15.7. The van der Waals surface area contributed by atoms with E-state index >= 15 is 0 Å². The molecule has 1 fully saturated rings. The van der Waals surface area contributed by atoms with Crippen LogP contribution in [0.25, 0.3) is 0 Å². The lowest BCUT2D eigenvalue weighted by molar-refractivity contribution is -0.131. The number of carbonyl (C=O) groups is 1. The Bertz CT molecular complexity index is 684. The number of H-pyrrole nitrogens is 1. The highest BCUT2D eigenvalue weighted by atomic mass is 19.1. The highest BCUT2D eigenvalue weighted by molar-refractivity contribution is 5.78. The lowest BCUT2D eigenvalue weighted by Crippen LogP contribution is -2.32. The summed E-state index contributed by atoms with van der Waals surface area (Å²) in [6.07, 6.45) is 1.02. The largest absolute Gasteiger partial charge is 0.335 e. The van der Waals surface area contributed by atoms with Crippen molar-refractivity contribution in [1.82, 2.24) is 20.1 Å². The topological polar surface area (TPSA) is 61.9 Å². The Kier molecular flexibility index (Phi) is 3.92. The Balaban J connectivity index is 1.79. The number of likely N-dealkylation sites (tertiary alicyclic amines) is 1. The van der Waals surface area contributed by atoms with E-state index in [1.165, 1.54) is 12.1 Å². The van der Waals surface area contributed by atoms with Gasteiger partial charge in [-0.2, -0.15) is 5.10 Å². The molecule has 1 aliphatic heterocycles. The number of aromatic nitrogens is 3. The SMILES string of the molecule is Cc1nc(CC(=O)N2CC(C)CC2c2cccc(F)c2)n[nH]1. The monoisotopic (exact) mass is 302 g/mol. The molecule has 1 N–H and O–H groups in total. The highest BCUT2D eigenvalue weighted by Crippen LogP contribution is 2.35. The van der Waals surface area contributed by atoms with E-state index in [2.05, 4.69) is 22.1 Å². The van der Waals surface area contributed by atoms with Gasteiger partial charge in [0.15, 0.2) is 5.82 Å². The second kappa shape index (κ2) is 5.87. The molecule has 5 nitrogen and oxygen atoms in total. The Morgan fingerprint density at radius 1 is 1.50 bits per heavy atom. The van der Waals surface area contributed by atoms with Crippen molar-refractivity contribution < 1.29 is 9.18 Å². The fraction of sp³-hybridized carbons (Fsp3) is 0.438. The van der Waals surface area contributed by atoms with Gasteiger partial charge in [0.2, 0.25) is 5.91 Å². The zero-order valence-electron chi connectivity index (χ0n) is 12.7. The van der Waals surface area contributed by atoms with Crippen molar-refractivity contribution in [2.75, 3.05) is 6.54 Å². The minimum atomic E-state index is -0.269. The van der Waals surface area contributed by atoms with Gasteiger partial charge < -0.3 is 4.90 Å². The lowest BCUT2D eigenvalue weighted by atomic mass is 10.0. The molecule has 2 atom stereocenters. The van der Waals surface area contributed by atoms with Gasteiger partial charge in [-0.15, -0.1) is 0 Å². The van der Waals surface area contributed by atoms with Crippen LogP contribution in [0.2, 0.25) is 0 Å². The van der Waals surface area contributed by atoms with Crippen LogP contribution in [-0.2, 0) is 11.2 Å². The maximum Gasteiger partial charge on any atom is 0.230 e. The third-order valence-electron chi connectivity index (χ3n) is 4.02. The number of amides is 1. The van der Waals surface area contributed by atoms with Gasteiger partial charge in [-0.25, -0.2) is 9.37 Å². The Morgan fingerprint density at radius 3 is 3.00 bits per heavy atom. The van der Waals surface area contributed by atoms with Crippen LogP contribution in [0.4, 0.5) is 4.39 Å². The summed E-state index contributed by atoms with van der Waals surface area (Å²) >= 11 is 0. The maximum absolute atomic E-state index is 13.5. The molecular formula is C16H19FN4O. The average Bonchev–Trinajstić information content (AvgIpc) is 3.05. The van der Waals surface area contributed by atoms with Gasteiger partial charge in [0.1, 0.15) is 11.6 Å². The molecule has 1 aromatic carbocycles. The molecule has 6 heteroatoms. The van der Waals surface area contributed by atoms with Gasteiger partial charge in [-0.1, -0.05) is 19.1 Å². The summed E-state index contributed by atoms with van der Waals surface area (Å²) in [7, 11) is 0. The first-order valence-corrected chi connectivity index (χ1v) is 7.45. The fourth-order valence-corrected chi connectivity index (χ4v) is 3.06. The third kappa shape index (κ3) is 3.00. The average molecular weight is 302 g/mol. The number of benzene rings is 1. The number of nitrogens with zero attached hydrogens (tertiary/aromatic N) is 3. The summed E-state index contributed by atoms with van der Waals surface area (Å²) in [4.78, 5) is 18.6. The normalized spacial score (nSPS) is 21.3. The van der Waals surface area contributed by atoms with Gasteiger partial charge in [0.25, 0.3) is 0 Å². The molecule has 3 rings (SSSR count). The summed E-state index contributed by atoms with van der Waals surface area (Å²) < 4.78 is 13.5. The van der Waals surface area contributed by atoms with Crippen LogP contribution < -0.4 is 0 Å². The molecule has 22 heavy (non-hydrogen) atoms. The lowest BCUT2D eigenvalue weighted by Gasteiger charge is -2.24. The van der Waals surface area contributed by atoms with Crippen molar-refractivity contribution in [2.45, 2.75) is 32.7 Å². The first kappa shape index (κ1) is 14.7. The number of hydrogen-bond donors (Lipinski definition) is 1. The molecule has 1 saturated heterocycles. The Morgan fingerprint density at radius 2 is 2.32 bits per heavy atom. The minimum Gasteiger partial charge on any atom is -0.335 e. The van der Waals surface area contributed by atoms with E-state index in [-0.39, 0.29) is 24.2 Å². The van der Waals surface area contributed by atoms with Crippen LogP contribution in [0.3, 0.4) is 0 Å². The number of aromatic amines is 1. The predicted molar refractivity (Wildman–Crippen MR) is 79.5 cm³/mol. The smallest absolute Gasteiger partial charge is 0.230 e. The van der Waals surface area contributed by atoms with Gasteiger partial charge in [-0.3, -0.25) is 9.89 Å². The fourth-order valence-electron chi connectivity index (χ4n) is 3.06. The number of aryl methyl sites for hydroxylation is 1. The summed E-state index contributed by atoms with van der Waals surface area (Å²) in [5.74, 6) is 1.30. The summed E-state index contributed by atoms with van der Waals surface area (Å²) in [5, 5.41) is 6.76. The number of carbonyl (C=O) groups excluding carboxylic acids is 1. The molecule has 0 spiro atoms. The molecule has 0 aliphatic carbocycles. The maximum atomic E-state index is 13.5. The predicted octanol–water partition coefficient (Wildman–Crippen LogP) is 2.40. The molecule has 2 heterocycles. The summed E-state index contributed by atoms with van der Waals surface area (Å²) in [5.41, 5.74) is 0.851. The van der Waals surface area contributed by atoms with Crippen molar-refractivity contribution in [3.05, 3.63) is 47.3 Å². The second-order valence-corrected chi connectivity index (χ2v) is 5.97. The van der Waals surface area contributed by atoms with Gasteiger partial charge in [0.05, 0.1) is 12.5 Å². The van der Waals surface area contributed by atoms with Crippen molar-refractivity contribution >= 4 is 5.91 Å². The number of rotatable bonds is 3. The van der Waals surface area contributed by atoms with E-state index in [0.717, 1.165) is 12.0 Å². The quantitative estimate of drug-likeness (QED) is 0.947. The molecular weight excluding hydrogens is 283 g/mol. The molecule has 116 valence electrons. The number of halogens is 1. The van der Waals surface area contributed by atoms with Gasteiger partial charge in [0, 0.05) is 6.54 Å². The van der Waals surface area contributed by atoms with Gasteiger partial charge >= 0.3 is 0 Å². The molecule has 1 aromatic heterocycles. The van der Waals surface area contributed by atoms with Crippen LogP contribution in [0.5, 0.6) is 0 Å². The molecule has 1 amide bonds. The van der Waals surface area contributed by atoms with Crippen LogP contribution >= 0.6 is 0 Å². The van der Waals surface area contributed by atoms with Crippen LogP contribution in [-0.4, -0.2) is 32.5 Å². The van der Waals surface area contributed by atoms with Gasteiger partial charge in [-0.05, 0) is 37.0 Å². The molecule has 1 aliphatic rings. The number of hydrogen-bond acceptors (Lipinski definition) is 3. The van der Waals surface area contributed by atoms with Crippen LogP contribution in [0.1, 0.15) is 36.6 Å². The Hall–Kier alpha value is -2.24. The number of nitrogens with one attached hydrogen (secondary N) is 1. The minimum absolute atomic E-state index is 0.0161. The van der Waals surface area contributed by atoms with E-state index in [1.807, 2.05) is 11.0 Å². The first-order chi connectivity index (χ1) is 10.5. The molecule has 2 aromatic rings. The first-order valence-electron chi connectivity index (χ1n) is 7.45. The second-order valence-electron chi connectivity index (χ2n) is 5.97. The van der Waals surface area contributed by atoms with E-state index in [1.54, 1.807) is 13.0 Å². The van der Waals surface area contributed by atoms with E-state index < -0.39 is 0 Å². The molecule has 2 unspecified atom stereocenters. The zero-order valence-corrected chi connectivity index (χ0v) is 12.7. The van der Waals surface area contributed by atoms with E-state index in [4.69, 9.17) is 0 Å². The standard InChI is InChI=1S/C16H19FN4O/c1-10-6-14(12-4-3-5-13(17)7-12)21(9-10)16(22)8-15-18-11(2)19-20-15/h3-5,7,10,14H,6,8-9H2,1-2H3,(H,18,19,20). The van der Waals surface area contributed by atoms with E-state index in [0.29, 0.717) is 24.1 Å². The summed E-state index contributed by atoms with van der Waals surface area (Å²) in [6.45, 7) is 4.59. The summed E-state index contributed by atoms with van der Waals surface area (Å²) in [6, 6.07) is 6.43. The highest BCUT2D eigenvalue weighted by Gasteiger charge is 2.34. The van der Waals surface area contributed by atoms with Crippen LogP contribution in [0.15, 0.2) is 24.3 Å². The third-order valence-corrected chi connectivity index (χ3v) is 4.02. The van der Waals surface area contributed by atoms with Crippen molar-refractivity contribution in [3.63, 3.8) is 0 Å². The van der Waals surface area contributed by atoms with Crippen molar-refractivity contribution in [3.8, 4) is 0 Å².